The Morgan fingerprint density at radius 3 is 2.67 bits per heavy atom. The van der Waals surface area contributed by atoms with Gasteiger partial charge in [-0.25, -0.2) is 0 Å². The third kappa shape index (κ3) is 7.87. The van der Waals surface area contributed by atoms with Crippen LogP contribution in [0.15, 0.2) is 4.99 Å². The van der Waals surface area contributed by atoms with Gasteiger partial charge in [-0.3, -0.25) is 9.89 Å². The van der Waals surface area contributed by atoms with Crippen LogP contribution in [-0.2, 0) is 4.74 Å². The van der Waals surface area contributed by atoms with Crippen molar-refractivity contribution in [2.75, 3.05) is 46.9 Å². The molecule has 0 bridgehead atoms. The van der Waals surface area contributed by atoms with E-state index in [0.29, 0.717) is 6.04 Å². The van der Waals surface area contributed by atoms with Crippen LogP contribution in [0.25, 0.3) is 0 Å². The van der Waals surface area contributed by atoms with Crippen molar-refractivity contribution in [2.24, 2.45) is 10.9 Å². The van der Waals surface area contributed by atoms with E-state index in [1.807, 2.05) is 7.05 Å². The molecule has 1 saturated carbocycles. The van der Waals surface area contributed by atoms with Crippen molar-refractivity contribution < 1.29 is 4.74 Å². The highest BCUT2D eigenvalue weighted by molar-refractivity contribution is 14.0. The Bertz CT molecular complexity index is 348. The highest BCUT2D eigenvalue weighted by atomic mass is 127. The molecule has 1 aliphatic heterocycles. The minimum atomic E-state index is 0. The van der Waals surface area contributed by atoms with Gasteiger partial charge in [0.25, 0.3) is 0 Å². The predicted octanol–water partition coefficient (Wildman–Crippen LogP) is 2.85. The van der Waals surface area contributed by atoms with Crippen molar-refractivity contribution in [3.63, 3.8) is 0 Å². The van der Waals surface area contributed by atoms with E-state index >= 15 is 0 Å². The molecule has 0 aromatic heterocycles. The second-order valence-corrected chi connectivity index (χ2v) is 7.00. The number of likely N-dealkylation sites (tertiary alicyclic amines) is 1. The van der Waals surface area contributed by atoms with Crippen LogP contribution in [0.3, 0.4) is 0 Å². The molecule has 0 aromatic carbocycles. The lowest BCUT2D eigenvalue weighted by Crippen LogP contribution is -2.45. The van der Waals surface area contributed by atoms with Gasteiger partial charge in [-0.05, 0) is 38.1 Å². The van der Waals surface area contributed by atoms with Gasteiger partial charge in [0.2, 0.25) is 0 Å². The molecular weight excluding hydrogens is 415 g/mol. The van der Waals surface area contributed by atoms with Crippen LogP contribution in [0.2, 0.25) is 0 Å². The number of methoxy groups -OCH3 is 1. The largest absolute Gasteiger partial charge is 0.383 e. The summed E-state index contributed by atoms with van der Waals surface area (Å²) in [6.45, 7) is 5.07. The molecule has 5 nitrogen and oxygen atoms in total. The number of ether oxygens (including phenoxy) is 1. The average molecular weight is 452 g/mol. The third-order valence-electron chi connectivity index (χ3n) is 5.37. The molecule has 2 rings (SSSR count). The van der Waals surface area contributed by atoms with E-state index in [1.165, 1.54) is 57.9 Å². The van der Waals surface area contributed by atoms with Gasteiger partial charge in [0.15, 0.2) is 5.96 Å². The number of guanidine groups is 1. The number of nitrogens with one attached hydrogen (secondary N) is 2. The molecule has 24 heavy (non-hydrogen) atoms. The SMILES string of the molecule is CN=C(NCCCC1CCCC1)NCC1CCCN1CCOC.I. The molecule has 0 spiro atoms. The fraction of sp³-hybridized carbons (Fsp3) is 0.944. The zero-order valence-electron chi connectivity index (χ0n) is 15.6. The van der Waals surface area contributed by atoms with E-state index < -0.39 is 0 Å². The average Bonchev–Trinajstić information content (AvgIpc) is 3.24. The number of nitrogens with zero attached hydrogens (tertiary/aromatic N) is 2. The zero-order valence-corrected chi connectivity index (χ0v) is 17.9. The summed E-state index contributed by atoms with van der Waals surface area (Å²) >= 11 is 0. The first-order valence-corrected chi connectivity index (χ1v) is 9.51. The summed E-state index contributed by atoms with van der Waals surface area (Å²) in [5.74, 6) is 1.94. The van der Waals surface area contributed by atoms with E-state index in [2.05, 4.69) is 20.5 Å². The van der Waals surface area contributed by atoms with Gasteiger partial charge in [0.1, 0.15) is 0 Å². The quantitative estimate of drug-likeness (QED) is 0.245. The molecule has 0 amide bonds. The summed E-state index contributed by atoms with van der Waals surface area (Å²) in [6, 6.07) is 0.613. The summed E-state index contributed by atoms with van der Waals surface area (Å²) in [4.78, 5) is 6.89. The Labute approximate surface area is 165 Å². The lowest BCUT2D eigenvalue weighted by molar-refractivity contribution is 0.141. The first-order valence-electron chi connectivity index (χ1n) is 9.51. The molecule has 1 aliphatic carbocycles. The second kappa shape index (κ2) is 13.2. The first kappa shape index (κ1) is 22.0. The smallest absolute Gasteiger partial charge is 0.191 e. The van der Waals surface area contributed by atoms with Crippen LogP contribution in [-0.4, -0.2) is 63.8 Å². The van der Waals surface area contributed by atoms with Crippen LogP contribution >= 0.6 is 24.0 Å². The van der Waals surface area contributed by atoms with Gasteiger partial charge in [0.05, 0.1) is 6.61 Å². The molecule has 1 heterocycles. The summed E-state index contributed by atoms with van der Waals surface area (Å²) in [5, 5.41) is 6.97. The lowest BCUT2D eigenvalue weighted by Gasteiger charge is -2.25. The van der Waals surface area contributed by atoms with Gasteiger partial charge < -0.3 is 15.4 Å². The second-order valence-electron chi connectivity index (χ2n) is 7.00. The molecule has 2 N–H and O–H groups in total. The summed E-state index contributed by atoms with van der Waals surface area (Å²) in [5.41, 5.74) is 0. The Morgan fingerprint density at radius 2 is 1.96 bits per heavy atom. The van der Waals surface area contributed by atoms with Crippen LogP contribution < -0.4 is 10.6 Å². The summed E-state index contributed by atoms with van der Waals surface area (Å²) < 4.78 is 5.21. The maximum Gasteiger partial charge on any atom is 0.191 e. The molecule has 6 heteroatoms. The van der Waals surface area contributed by atoms with Gasteiger partial charge in [-0.15, -0.1) is 24.0 Å². The number of rotatable bonds is 9. The number of aliphatic imine (C=N–C) groups is 1. The van der Waals surface area contributed by atoms with Crippen LogP contribution in [0.1, 0.15) is 51.4 Å². The van der Waals surface area contributed by atoms with Crippen LogP contribution in [0.5, 0.6) is 0 Å². The highest BCUT2D eigenvalue weighted by Gasteiger charge is 2.23. The Kier molecular flexibility index (Phi) is 12.0. The normalized spacial score (nSPS) is 22.6. The molecule has 1 unspecified atom stereocenters. The van der Waals surface area contributed by atoms with Crippen molar-refractivity contribution in [1.29, 1.82) is 0 Å². The maximum absolute atomic E-state index is 5.21. The van der Waals surface area contributed by atoms with E-state index in [9.17, 15) is 0 Å². The highest BCUT2D eigenvalue weighted by Crippen LogP contribution is 2.28. The Morgan fingerprint density at radius 1 is 1.17 bits per heavy atom. The first-order chi connectivity index (χ1) is 11.3. The van der Waals surface area contributed by atoms with Gasteiger partial charge in [0, 0.05) is 39.8 Å². The van der Waals surface area contributed by atoms with Gasteiger partial charge in [-0.1, -0.05) is 25.7 Å². The summed E-state index contributed by atoms with van der Waals surface area (Å²) in [7, 11) is 3.64. The molecule has 1 atom stereocenters. The van der Waals surface area contributed by atoms with Crippen molar-refractivity contribution in [3.8, 4) is 0 Å². The molecule has 2 fully saturated rings. The number of hydrogen-bond donors (Lipinski definition) is 2. The van der Waals surface area contributed by atoms with E-state index in [1.54, 1.807) is 7.11 Å². The van der Waals surface area contributed by atoms with Gasteiger partial charge >= 0.3 is 0 Å². The predicted molar refractivity (Wildman–Crippen MR) is 112 cm³/mol. The minimum absolute atomic E-state index is 0. The Hall–Kier alpha value is -0.0800. The Balaban J connectivity index is 0.00000288. The fourth-order valence-corrected chi connectivity index (χ4v) is 3.96. The molecular formula is C18H37IN4O. The van der Waals surface area contributed by atoms with Crippen LogP contribution in [0, 0.1) is 5.92 Å². The standard InChI is InChI=1S/C18H36N4O.HI/c1-19-18(20-11-5-9-16-7-3-4-8-16)21-15-17-10-6-12-22(17)13-14-23-2;/h16-17H,3-15H2,1-2H3,(H2,19,20,21);1H. The topological polar surface area (TPSA) is 48.9 Å². The number of hydrogen-bond acceptors (Lipinski definition) is 3. The minimum Gasteiger partial charge on any atom is -0.383 e. The molecule has 1 saturated heterocycles. The molecule has 0 aromatic rings. The number of halogens is 1. The van der Waals surface area contributed by atoms with Crippen molar-refractivity contribution in [2.45, 2.75) is 57.4 Å². The van der Waals surface area contributed by atoms with E-state index in [0.717, 1.165) is 38.1 Å². The van der Waals surface area contributed by atoms with Crippen molar-refractivity contribution >= 4 is 29.9 Å². The third-order valence-corrected chi connectivity index (χ3v) is 5.37. The van der Waals surface area contributed by atoms with Crippen molar-refractivity contribution in [1.82, 2.24) is 15.5 Å². The lowest BCUT2D eigenvalue weighted by atomic mass is 10.0. The molecule has 0 radical (unpaired) electrons. The zero-order chi connectivity index (χ0) is 16.3. The van der Waals surface area contributed by atoms with Crippen molar-refractivity contribution in [3.05, 3.63) is 0 Å². The summed E-state index contributed by atoms with van der Waals surface area (Å²) in [6.07, 6.45) is 11.0. The van der Waals surface area contributed by atoms with Crippen LogP contribution in [0.4, 0.5) is 0 Å². The van der Waals surface area contributed by atoms with Gasteiger partial charge in [-0.2, -0.15) is 0 Å². The monoisotopic (exact) mass is 452 g/mol. The fourth-order valence-electron chi connectivity index (χ4n) is 3.96. The molecule has 2 aliphatic rings. The van der Waals surface area contributed by atoms with E-state index in [-0.39, 0.29) is 24.0 Å². The maximum atomic E-state index is 5.21. The molecule has 142 valence electrons. The van der Waals surface area contributed by atoms with E-state index in [4.69, 9.17) is 4.74 Å².